The monoisotopic (exact) mass is 538 g/mol. The topological polar surface area (TPSA) is 25.4 Å². The average Bonchev–Trinajstić information content (AvgIpc) is 2.86. The summed E-state index contributed by atoms with van der Waals surface area (Å²) in [4.78, 5) is 7.59. The van der Waals surface area contributed by atoms with Gasteiger partial charge in [0.2, 0.25) is 0 Å². The van der Waals surface area contributed by atoms with Gasteiger partial charge in [-0.05, 0) is 87.7 Å². The minimum Gasteiger partial charge on any atom is -0.369 e. The molecule has 2 heterocycles. The first-order chi connectivity index (χ1) is 17.2. The van der Waals surface area contributed by atoms with Gasteiger partial charge in [-0.1, -0.05) is 36.6 Å². The molecule has 1 aliphatic carbocycles. The highest BCUT2D eigenvalue weighted by atomic mass is 35.5. The molecule has 3 nitrogen and oxygen atoms in total. The van der Waals surface area contributed by atoms with Crippen molar-refractivity contribution in [1.82, 2.24) is 9.88 Å². The van der Waals surface area contributed by atoms with Crippen molar-refractivity contribution in [2.24, 2.45) is 0 Å². The maximum atomic E-state index is 13.0. The third kappa shape index (κ3) is 7.27. The minimum atomic E-state index is -4.36. The Morgan fingerprint density at radius 3 is 2.67 bits per heavy atom. The van der Waals surface area contributed by atoms with Crippen LogP contribution in [0, 0.1) is 0 Å². The van der Waals surface area contributed by atoms with E-state index in [1.54, 1.807) is 18.0 Å². The zero-order valence-corrected chi connectivity index (χ0v) is 22.3. The first-order valence-electron chi connectivity index (χ1n) is 12.8. The Morgan fingerprint density at radius 1 is 1.11 bits per heavy atom. The van der Waals surface area contributed by atoms with Crippen LogP contribution in [0.4, 0.5) is 13.2 Å². The zero-order chi connectivity index (χ0) is 25.6. The first-order valence-corrected chi connectivity index (χ1v) is 14.1. The molecule has 0 amide bonds. The Morgan fingerprint density at radius 2 is 1.92 bits per heavy atom. The molecule has 8 heteroatoms. The summed E-state index contributed by atoms with van der Waals surface area (Å²) in [6, 6.07) is 5.64. The molecule has 2 aliphatic rings. The average molecular weight is 539 g/mol. The molecule has 2 aromatic rings. The standard InChI is InChI=1S/C28H34ClF3N2OS/c1-27(12-10-21(18-26(27)29)20-34-14-4-2-5-15-34)35-16-6-3-7-17-36-25-11-13-33-24-19-22(28(30,31)32)8-9-23(24)25/h8-11,13,18-19H,2-7,12,14-17,20H2,1H3/t27-/m1/s1. The van der Waals surface area contributed by atoms with Crippen LogP contribution in [0.25, 0.3) is 10.9 Å². The van der Waals surface area contributed by atoms with Crippen molar-refractivity contribution < 1.29 is 17.9 Å². The van der Waals surface area contributed by atoms with E-state index in [4.69, 9.17) is 16.3 Å². The molecule has 1 saturated heterocycles. The minimum absolute atomic E-state index is 0.377. The van der Waals surface area contributed by atoms with Gasteiger partial charge in [0.25, 0.3) is 0 Å². The number of hydrogen-bond acceptors (Lipinski definition) is 4. The van der Waals surface area contributed by atoms with Crippen LogP contribution < -0.4 is 0 Å². The highest BCUT2D eigenvalue weighted by Gasteiger charge is 2.32. The van der Waals surface area contributed by atoms with Gasteiger partial charge < -0.3 is 4.74 Å². The number of piperidine rings is 1. The predicted octanol–water partition coefficient (Wildman–Crippen LogP) is 8.23. The molecule has 0 radical (unpaired) electrons. The molecule has 0 bridgehead atoms. The van der Waals surface area contributed by atoms with E-state index >= 15 is 0 Å². The van der Waals surface area contributed by atoms with Crippen molar-refractivity contribution >= 4 is 34.3 Å². The van der Waals surface area contributed by atoms with E-state index in [-0.39, 0.29) is 0 Å². The summed E-state index contributed by atoms with van der Waals surface area (Å²) >= 11 is 8.31. The normalized spacial score (nSPS) is 21.5. The van der Waals surface area contributed by atoms with Crippen molar-refractivity contribution in [3.8, 4) is 0 Å². The molecule has 1 aliphatic heterocycles. The molecule has 0 N–H and O–H groups in total. The fourth-order valence-corrected chi connectivity index (χ4v) is 6.02. The van der Waals surface area contributed by atoms with Gasteiger partial charge in [-0.3, -0.25) is 9.88 Å². The van der Waals surface area contributed by atoms with Gasteiger partial charge in [0.05, 0.1) is 16.1 Å². The van der Waals surface area contributed by atoms with E-state index in [1.807, 2.05) is 6.07 Å². The predicted molar refractivity (Wildman–Crippen MR) is 143 cm³/mol. The summed E-state index contributed by atoms with van der Waals surface area (Å²) < 4.78 is 45.1. The van der Waals surface area contributed by atoms with Crippen molar-refractivity contribution in [2.75, 3.05) is 32.0 Å². The van der Waals surface area contributed by atoms with Gasteiger partial charge in [0.15, 0.2) is 0 Å². The number of ether oxygens (including phenoxy) is 1. The van der Waals surface area contributed by atoms with Crippen LogP contribution in [-0.4, -0.2) is 47.5 Å². The Bertz CT molecular complexity index is 1100. The van der Waals surface area contributed by atoms with E-state index in [0.717, 1.165) is 65.4 Å². The third-order valence-corrected chi connectivity index (χ3v) is 8.59. The number of thioether (sulfide) groups is 1. The van der Waals surface area contributed by atoms with Crippen LogP contribution in [-0.2, 0) is 10.9 Å². The highest BCUT2D eigenvalue weighted by Crippen LogP contribution is 2.36. The summed E-state index contributed by atoms with van der Waals surface area (Å²) in [6.07, 6.45) is 9.24. The smallest absolute Gasteiger partial charge is 0.369 e. The summed E-state index contributed by atoms with van der Waals surface area (Å²) in [6.45, 7) is 6.03. The van der Waals surface area contributed by atoms with E-state index in [0.29, 0.717) is 12.1 Å². The molecule has 1 fully saturated rings. The van der Waals surface area contributed by atoms with Crippen molar-refractivity contribution in [3.05, 3.63) is 58.8 Å². The fourth-order valence-electron chi connectivity index (χ4n) is 4.70. The number of halogens is 4. The molecule has 0 saturated carbocycles. The van der Waals surface area contributed by atoms with Crippen LogP contribution in [0.2, 0.25) is 0 Å². The van der Waals surface area contributed by atoms with E-state index < -0.39 is 17.3 Å². The van der Waals surface area contributed by atoms with Crippen molar-refractivity contribution in [1.29, 1.82) is 0 Å². The van der Waals surface area contributed by atoms with Gasteiger partial charge in [0.1, 0.15) is 5.60 Å². The molecule has 1 aromatic heterocycles. The number of rotatable bonds is 10. The Hall–Kier alpha value is -1.54. The molecular weight excluding hydrogens is 505 g/mol. The number of nitrogens with zero attached hydrogens (tertiary/aromatic N) is 2. The maximum Gasteiger partial charge on any atom is 0.416 e. The Labute approximate surface area is 221 Å². The number of likely N-dealkylation sites (tertiary alicyclic amines) is 1. The second-order valence-corrected chi connectivity index (χ2v) is 11.4. The van der Waals surface area contributed by atoms with Crippen LogP contribution in [0.15, 0.2) is 58.1 Å². The highest BCUT2D eigenvalue weighted by molar-refractivity contribution is 7.99. The number of unbranched alkanes of at least 4 members (excludes halogenated alkanes) is 2. The fraction of sp³-hybridized carbons (Fsp3) is 0.536. The van der Waals surface area contributed by atoms with E-state index in [9.17, 15) is 13.2 Å². The third-order valence-electron chi connectivity index (χ3n) is 6.92. The Kier molecular flexibility index (Phi) is 9.42. The molecule has 4 rings (SSSR count). The lowest BCUT2D eigenvalue weighted by molar-refractivity contribution is -0.137. The molecule has 1 atom stereocenters. The second-order valence-electron chi connectivity index (χ2n) is 9.84. The van der Waals surface area contributed by atoms with E-state index in [1.165, 1.54) is 44.0 Å². The lowest BCUT2D eigenvalue weighted by atomic mass is 9.92. The largest absolute Gasteiger partial charge is 0.416 e. The summed E-state index contributed by atoms with van der Waals surface area (Å²) in [5.41, 5.74) is 0.549. The lowest BCUT2D eigenvalue weighted by Crippen LogP contribution is -2.34. The van der Waals surface area contributed by atoms with Gasteiger partial charge in [-0.25, -0.2) is 0 Å². The number of aromatic nitrogens is 1. The van der Waals surface area contributed by atoms with Gasteiger partial charge in [-0.2, -0.15) is 13.2 Å². The van der Waals surface area contributed by atoms with Crippen molar-refractivity contribution in [2.45, 2.75) is 68.5 Å². The summed E-state index contributed by atoms with van der Waals surface area (Å²) in [5.74, 6) is 0.890. The lowest BCUT2D eigenvalue weighted by Gasteiger charge is -2.33. The van der Waals surface area contributed by atoms with Gasteiger partial charge in [-0.15, -0.1) is 11.8 Å². The second kappa shape index (κ2) is 12.3. The van der Waals surface area contributed by atoms with Crippen LogP contribution in [0.1, 0.15) is 57.4 Å². The summed E-state index contributed by atoms with van der Waals surface area (Å²) in [7, 11) is 0. The zero-order valence-electron chi connectivity index (χ0n) is 20.7. The quantitative estimate of drug-likeness (QED) is 0.225. The van der Waals surface area contributed by atoms with Gasteiger partial charge in [0, 0.05) is 29.6 Å². The molecule has 196 valence electrons. The maximum absolute atomic E-state index is 13.0. The van der Waals surface area contributed by atoms with Crippen LogP contribution >= 0.6 is 23.4 Å². The number of alkyl halides is 3. The van der Waals surface area contributed by atoms with Crippen molar-refractivity contribution in [3.63, 3.8) is 0 Å². The van der Waals surface area contributed by atoms with E-state index in [2.05, 4.69) is 29.0 Å². The number of hydrogen-bond donors (Lipinski definition) is 0. The molecule has 36 heavy (non-hydrogen) atoms. The molecule has 1 aromatic carbocycles. The number of fused-ring (bicyclic) bond motifs is 1. The Balaban J connectivity index is 1.17. The first kappa shape index (κ1) is 27.5. The molecule has 0 spiro atoms. The van der Waals surface area contributed by atoms with Gasteiger partial charge >= 0.3 is 6.18 Å². The SMILES string of the molecule is C[C@@]1(OCCCCCSc2ccnc3cc(C(F)(F)F)ccc23)CC=C(CN2CCCCC2)C=C1Cl. The molecular formula is C28H34ClF3N2OS. The number of pyridine rings is 1. The number of benzene rings is 1. The van der Waals surface area contributed by atoms with Crippen LogP contribution in [0.5, 0.6) is 0 Å². The molecule has 0 unspecified atom stereocenters. The van der Waals surface area contributed by atoms with Crippen LogP contribution in [0.3, 0.4) is 0 Å². The summed E-state index contributed by atoms with van der Waals surface area (Å²) in [5, 5.41) is 1.55.